The summed E-state index contributed by atoms with van der Waals surface area (Å²) in [5.74, 6) is 0. The molecule has 1 nitrogen and oxygen atoms in total. The number of rotatable bonds is 1. The van der Waals surface area contributed by atoms with Gasteiger partial charge in [0.15, 0.2) is 0 Å². The minimum atomic E-state index is 0.397. The minimum Gasteiger partial charge on any atom is -0.371 e. The van der Waals surface area contributed by atoms with E-state index in [1.807, 2.05) is 6.92 Å². The highest BCUT2D eigenvalue weighted by Gasteiger charge is 2.15. The van der Waals surface area contributed by atoms with Gasteiger partial charge in [0, 0.05) is 0 Å². The van der Waals surface area contributed by atoms with Crippen molar-refractivity contribution in [3.8, 4) is 0 Å². The lowest BCUT2D eigenvalue weighted by Gasteiger charge is -2.25. The first-order valence-corrected chi connectivity index (χ1v) is 4.11. The Balaban J connectivity index is 2.32. The van der Waals surface area contributed by atoms with Gasteiger partial charge >= 0.3 is 0 Å². The number of allylic oxidation sites excluding steroid dienone is 1. The zero-order valence-corrected chi connectivity index (χ0v) is 6.84. The first-order chi connectivity index (χ1) is 4.83. The van der Waals surface area contributed by atoms with E-state index in [0.29, 0.717) is 12.2 Å². The first kappa shape index (κ1) is 7.80. The molecule has 1 aliphatic heterocycles. The van der Waals surface area contributed by atoms with Crippen LogP contribution >= 0.6 is 0 Å². The van der Waals surface area contributed by atoms with Gasteiger partial charge in [-0.2, -0.15) is 0 Å². The summed E-state index contributed by atoms with van der Waals surface area (Å²) < 4.78 is 5.64. The maximum absolute atomic E-state index is 5.64. The summed E-state index contributed by atoms with van der Waals surface area (Å²) >= 11 is 0. The van der Waals surface area contributed by atoms with Crippen LogP contribution in [-0.4, -0.2) is 12.2 Å². The molecule has 0 aliphatic carbocycles. The Kier molecular flexibility index (Phi) is 2.94. The average molecular weight is 140 g/mol. The molecule has 0 amide bonds. The van der Waals surface area contributed by atoms with Crippen molar-refractivity contribution in [1.29, 1.82) is 0 Å². The zero-order valence-electron chi connectivity index (χ0n) is 6.84. The molecule has 1 aliphatic rings. The molecule has 1 rings (SSSR count). The maximum atomic E-state index is 5.64. The van der Waals surface area contributed by atoms with Crippen LogP contribution in [0.3, 0.4) is 0 Å². The summed E-state index contributed by atoms with van der Waals surface area (Å²) in [6, 6.07) is 0. The molecule has 1 saturated heterocycles. The van der Waals surface area contributed by atoms with E-state index in [0.717, 1.165) is 0 Å². The second kappa shape index (κ2) is 3.77. The van der Waals surface area contributed by atoms with Crippen molar-refractivity contribution in [2.45, 2.75) is 45.3 Å². The molecular weight excluding hydrogens is 124 g/mol. The van der Waals surface area contributed by atoms with Crippen LogP contribution in [0.25, 0.3) is 0 Å². The van der Waals surface area contributed by atoms with Crippen molar-refractivity contribution in [1.82, 2.24) is 0 Å². The molecule has 10 heavy (non-hydrogen) atoms. The van der Waals surface area contributed by atoms with Crippen LogP contribution in [0.4, 0.5) is 0 Å². The molecule has 58 valence electrons. The monoisotopic (exact) mass is 140 g/mol. The molecule has 0 aromatic heterocycles. The van der Waals surface area contributed by atoms with Crippen molar-refractivity contribution in [2.24, 2.45) is 0 Å². The Labute approximate surface area is 63.1 Å². The highest BCUT2D eigenvalue weighted by atomic mass is 16.5. The number of hydrogen-bond acceptors (Lipinski definition) is 1. The topological polar surface area (TPSA) is 9.23 Å². The molecule has 0 spiro atoms. The molecule has 0 bridgehead atoms. The van der Waals surface area contributed by atoms with Crippen LogP contribution in [0.2, 0.25) is 0 Å². The largest absolute Gasteiger partial charge is 0.371 e. The van der Waals surface area contributed by atoms with Crippen molar-refractivity contribution < 1.29 is 4.74 Å². The Morgan fingerprint density at radius 1 is 1.40 bits per heavy atom. The Morgan fingerprint density at radius 2 is 2.20 bits per heavy atom. The zero-order chi connectivity index (χ0) is 7.40. The fourth-order valence-corrected chi connectivity index (χ4v) is 1.40. The predicted octanol–water partition coefficient (Wildman–Crippen LogP) is 2.52. The van der Waals surface area contributed by atoms with Crippen molar-refractivity contribution >= 4 is 0 Å². The molecule has 0 radical (unpaired) electrons. The minimum absolute atomic E-state index is 0.397. The van der Waals surface area contributed by atoms with Gasteiger partial charge < -0.3 is 4.74 Å². The van der Waals surface area contributed by atoms with Crippen LogP contribution in [0.5, 0.6) is 0 Å². The normalized spacial score (nSPS) is 35.0. The third-order valence-corrected chi connectivity index (χ3v) is 1.91. The van der Waals surface area contributed by atoms with E-state index in [4.69, 9.17) is 4.74 Å². The lowest BCUT2D eigenvalue weighted by atomic mass is 10.0. The Morgan fingerprint density at radius 3 is 2.80 bits per heavy atom. The number of ether oxygens (including phenoxy) is 1. The first-order valence-electron chi connectivity index (χ1n) is 4.11. The summed E-state index contributed by atoms with van der Waals surface area (Å²) in [7, 11) is 0. The van der Waals surface area contributed by atoms with E-state index in [1.165, 1.54) is 19.3 Å². The molecule has 0 saturated carbocycles. The fraction of sp³-hybridized carbons (Fsp3) is 0.778. The Bertz CT molecular complexity index is 118. The van der Waals surface area contributed by atoms with Gasteiger partial charge in [-0.1, -0.05) is 12.2 Å². The second-order valence-electron chi connectivity index (χ2n) is 2.94. The van der Waals surface area contributed by atoms with Crippen molar-refractivity contribution in [3.05, 3.63) is 12.2 Å². The summed E-state index contributed by atoms with van der Waals surface area (Å²) in [4.78, 5) is 0. The maximum Gasteiger partial charge on any atom is 0.0759 e. The van der Waals surface area contributed by atoms with Crippen LogP contribution in [0.1, 0.15) is 33.1 Å². The van der Waals surface area contributed by atoms with E-state index in [2.05, 4.69) is 19.1 Å². The summed E-state index contributed by atoms with van der Waals surface area (Å²) in [6.45, 7) is 4.19. The summed E-state index contributed by atoms with van der Waals surface area (Å²) in [6.07, 6.45) is 8.83. The Hall–Kier alpha value is -0.300. The van der Waals surface area contributed by atoms with Crippen LogP contribution < -0.4 is 0 Å². The summed E-state index contributed by atoms with van der Waals surface area (Å²) in [5.41, 5.74) is 0. The highest BCUT2D eigenvalue weighted by Crippen LogP contribution is 2.18. The summed E-state index contributed by atoms with van der Waals surface area (Å²) in [5, 5.41) is 0. The molecule has 1 heteroatoms. The quantitative estimate of drug-likeness (QED) is 0.508. The van der Waals surface area contributed by atoms with E-state index in [-0.39, 0.29) is 0 Å². The van der Waals surface area contributed by atoms with Gasteiger partial charge in [-0.3, -0.25) is 0 Å². The SMILES string of the molecule is C/C=C\[C@@H]1CCC[C@H](C)O1. The van der Waals surface area contributed by atoms with E-state index < -0.39 is 0 Å². The van der Waals surface area contributed by atoms with Gasteiger partial charge in [0.1, 0.15) is 0 Å². The van der Waals surface area contributed by atoms with E-state index in [1.54, 1.807) is 0 Å². The molecule has 0 aromatic rings. The van der Waals surface area contributed by atoms with Gasteiger partial charge in [-0.25, -0.2) is 0 Å². The van der Waals surface area contributed by atoms with Gasteiger partial charge in [0.2, 0.25) is 0 Å². The second-order valence-corrected chi connectivity index (χ2v) is 2.94. The average Bonchev–Trinajstić information content (AvgIpc) is 1.88. The lowest BCUT2D eigenvalue weighted by molar-refractivity contribution is -0.0141. The fourth-order valence-electron chi connectivity index (χ4n) is 1.40. The van der Waals surface area contributed by atoms with Crippen LogP contribution in [0, 0.1) is 0 Å². The molecular formula is C9H16O. The van der Waals surface area contributed by atoms with Crippen LogP contribution in [0.15, 0.2) is 12.2 Å². The molecule has 0 N–H and O–H groups in total. The van der Waals surface area contributed by atoms with Gasteiger partial charge in [-0.15, -0.1) is 0 Å². The third kappa shape index (κ3) is 2.14. The molecule has 1 heterocycles. The van der Waals surface area contributed by atoms with E-state index >= 15 is 0 Å². The van der Waals surface area contributed by atoms with Gasteiger partial charge in [0.05, 0.1) is 12.2 Å². The lowest BCUT2D eigenvalue weighted by Crippen LogP contribution is -2.23. The van der Waals surface area contributed by atoms with Crippen molar-refractivity contribution in [3.63, 3.8) is 0 Å². The van der Waals surface area contributed by atoms with Crippen LogP contribution in [-0.2, 0) is 4.74 Å². The molecule has 0 unspecified atom stereocenters. The molecule has 2 atom stereocenters. The molecule has 0 aromatic carbocycles. The molecule has 1 fully saturated rings. The number of hydrogen-bond donors (Lipinski definition) is 0. The van der Waals surface area contributed by atoms with Crippen molar-refractivity contribution in [2.75, 3.05) is 0 Å². The van der Waals surface area contributed by atoms with Gasteiger partial charge in [0.25, 0.3) is 0 Å². The standard InChI is InChI=1S/C9H16O/c1-3-5-9-7-4-6-8(2)10-9/h3,5,8-9H,4,6-7H2,1-2H3/b5-3-/t8-,9+/m0/s1. The third-order valence-electron chi connectivity index (χ3n) is 1.91. The smallest absolute Gasteiger partial charge is 0.0759 e. The predicted molar refractivity (Wildman–Crippen MR) is 43.0 cm³/mol. The van der Waals surface area contributed by atoms with E-state index in [9.17, 15) is 0 Å². The highest BCUT2D eigenvalue weighted by molar-refractivity contribution is 4.88. The van der Waals surface area contributed by atoms with Gasteiger partial charge in [-0.05, 0) is 33.1 Å².